The van der Waals surface area contributed by atoms with Crippen LogP contribution in [-0.4, -0.2) is 50.1 Å². The van der Waals surface area contributed by atoms with E-state index in [4.69, 9.17) is 0 Å². The highest BCUT2D eigenvalue weighted by molar-refractivity contribution is 5.79. The number of nitrogens with zero attached hydrogens (tertiary/aromatic N) is 2. The minimum absolute atomic E-state index is 0.0676. The van der Waals surface area contributed by atoms with E-state index in [0.29, 0.717) is 12.0 Å². The molecule has 1 saturated heterocycles. The highest BCUT2D eigenvalue weighted by Gasteiger charge is 2.23. The van der Waals surface area contributed by atoms with Gasteiger partial charge in [0.2, 0.25) is 0 Å². The second kappa shape index (κ2) is 9.23. The lowest BCUT2D eigenvalue weighted by Crippen LogP contribution is -2.47. The van der Waals surface area contributed by atoms with Crippen LogP contribution in [0.25, 0.3) is 0 Å². The summed E-state index contributed by atoms with van der Waals surface area (Å²) in [5.74, 6) is 1.61. The van der Waals surface area contributed by atoms with Gasteiger partial charge in [0.05, 0.1) is 0 Å². The van der Waals surface area contributed by atoms with E-state index in [1.54, 1.807) is 0 Å². The monoisotopic (exact) mass is 344 g/mol. The highest BCUT2D eigenvalue weighted by atomic mass is 15.2. The molecule has 1 fully saturated rings. The zero-order chi connectivity index (χ0) is 18.3. The summed E-state index contributed by atoms with van der Waals surface area (Å²) < 4.78 is 0. The van der Waals surface area contributed by atoms with Crippen molar-refractivity contribution < 1.29 is 0 Å². The fourth-order valence-corrected chi connectivity index (χ4v) is 3.49. The Labute approximate surface area is 154 Å². The predicted molar refractivity (Wildman–Crippen MR) is 108 cm³/mol. The maximum atomic E-state index is 4.40. The number of hydrogen-bond acceptors (Lipinski definition) is 2. The Morgan fingerprint density at radius 1 is 1.24 bits per heavy atom. The summed E-state index contributed by atoms with van der Waals surface area (Å²) in [6.07, 6.45) is 2.61. The molecule has 4 nitrogen and oxygen atoms in total. The first kappa shape index (κ1) is 19.8. The average Bonchev–Trinajstić information content (AvgIpc) is 2.63. The SMILES string of the molecule is CN=C(NCC1CCCN(C(C)C)C1)NCC(C)(C)c1ccccc1. The summed E-state index contributed by atoms with van der Waals surface area (Å²) in [7, 11) is 1.85. The molecular formula is C21H36N4. The maximum absolute atomic E-state index is 4.40. The molecule has 1 atom stereocenters. The smallest absolute Gasteiger partial charge is 0.191 e. The van der Waals surface area contributed by atoms with Crippen LogP contribution in [-0.2, 0) is 5.41 Å². The second-order valence-corrected chi connectivity index (χ2v) is 8.15. The van der Waals surface area contributed by atoms with Crippen molar-refractivity contribution >= 4 is 5.96 Å². The lowest BCUT2D eigenvalue weighted by atomic mass is 9.85. The van der Waals surface area contributed by atoms with Crippen LogP contribution in [0.5, 0.6) is 0 Å². The van der Waals surface area contributed by atoms with Crippen molar-refractivity contribution in [2.75, 3.05) is 33.2 Å². The first-order chi connectivity index (χ1) is 11.9. The zero-order valence-corrected chi connectivity index (χ0v) is 16.7. The minimum atomic E-state index is 0.0676. The number of piperidine rings is 1. The molecule has 0 aliphatic carbocycles. The van der Waals surface area contributed by atoms with Gasteiger partial charge in [-0.1, -0.05) is 44.2 Å². The van der Waals surface area contributed by atoms with Crippen molar-refractivity contribution in [3.05, 3.63) is 35.9 Å². The van der Waals surface area contributed by atoms with Gasteiger partial charge in [-0.05, 0) is 44.7 Å². The predicted octanol–water partition coefficient (Wildman–Crippen LogP) is 3.25. The molecule has 0 amide bonds. The van der Waals surface area contributed by atoms with Crippen LogP contribution in [0.4, 0.5) is 0 Å². The first-order valence-electron chi connectivity index (χ1n) is 9.66. The van der Waals surface area contributed by atoms with Gasteiger partial charge in [0, 0.05) is 38.1 Å². The van der Waals surface area contributed by atoms with Gasteiger partial charge < -0.3 is 15.5 Å². The van der Waals surface area contributed by atoms with Crippen molar-refractivity contribution in [3.63, 3.8) is 0 Å². The lowest BCUT2D eigenvalue weighted by molar-refractivity contribution is 0.141. The molecule has 1 aliphatic heterocycles. The van der Waals surface area contributed by atoms with Crippen LogP contribution in [0.3, 0.4) is 0 Å². The summed E-state index contributed by atoms with van der Waals surface area (Å²) in [5, 5.41) is 7.04. The summed E-state index contributed by atoms with van der Waals surface area (Å²) >= 11 is 0. The van der Waals surface area contributed by atoms with E-state index in [1.807, 2.05) is 7.05 Å². The third-order valence-corrected chi connectivity index (χ3v) is 5.32. The highest BCUT2D eigenvalue weighted by Crippen LogP contribution is 2.21. The van der Waals surface area contributed by atoms with Gasteiger partial charge in [0.25, 0.3) is 0 Å². The van der Waals surface area contributed by atoms with E-state index >= 15 is 0 Å². The van der Waals surface area contributed by atoms with Gasteiger partial charge in [0.1, 0.15) is 0 Å². The molecule has 0 spiro atoms. The fourth-order valence-electron chi connectivity index (χ4n) is 3.49. The van der Waals surface area contributed by atoms with E-state index in [-0.39, 0.29) is 5.41 Å². The number of hydrogen-bond donors (Lipinski definition) is 2. The van der Waals surface area contributed by atoms with Crippen LogP contribution in [0.2, 0.25) is 0 Å². The Morgan fingerprint density at radius 3 is 2.60 bits per heavy atom. The van der Waals surface area contributed by atoms with Crippen LogP contribution in [0.15, 0.2) is 35.3 Å². The normalized spacial score (nSPS) is 19.9. The quantitative estimate of drug-likeness (QED) is 0.615. The van der Waals surface area contributed by atoms with Crippen LogP contribution < -0.4 is 10.6 Å². The van der Waals surface area contributed by atoms with E-state index in [9.17, 15) is 0 Å². The molecule has 25 heavy (non-hydrogen) atoms. The summed E-state index contributed by atoms with van der Waals surface area (Å²) in [5.41, 5.74) is 1.41. The molecule has 0 aromatic heterocycles. The van der Waals surface area contributed by atoms with E-state index < -0.39 is 0 Å². The molecule has 1 heterocycles. The third kappa shape index (κ3) is 6.03. The van der Waals surface area contributed by atoms with Crippen molar-refractivity contribution in [3.8, 4) is 0 Å². The first-order valence-corrected chi connectivity index (χ1v) is 9.66. The second-order valence-electron chi connectivity index (χ2n) is 8.15. The molecule has 140 valence electrons. The van der Waals surface area contributed by atoms with Crippen molar-refractivity contribution in [2.45, 2.75) is 52.0 Å². The molecule has 1 aliphatic rings. The Kier molecular flexibility index (Phi) is 7.30. The number of benzene rings is 1. The van der Waals surface area contributed by atoms with Gasteiger partial charge in [-0.2, -0.15) is 0 Å². The van der Waals surface area contributed by atoms with Crippen LogP contribution in [0, 0.1) is 5.92 Å². The molecule has 0 saturated carbocycles. The van der Waals surface area contributed by atoms with Crippen LogP contribution >= 0.6 is 0 Å². The molecule has 0 bridgehead atoms. The molecule has 4 heteroatoms. The Morgan fingerprint density at radius 2 is 1.96 bits per heavy atom. The summed E-state index contributed by atoms with van der Waals surface area (Å²) in [6.45, 7) is 13.4. The van der Waals surface area contributed by atoms with Gasteiger partial charge in [-0.3, -0.25) is 4.99 Å². The molecule has 0 radical (unpaired) electrons. The van der Waals surface area contributed by atoms with E-state index in [2.05, 4.69) is 78.6 Å². The summed E-state index contributed by atoms with van der Waals surface area (Å²) in [6, 6.07) is 11.3. The van der Waals surface area contributed by atoms with Gasteiger partial charge in [-0.25, -0.2) is 0 Å². The number of likely N-dealkylation sites (tertiary alicyclic amines) is 1. The molecular weight excluding hydrogens is 308 g/mol. The number of aliphatic imine (C=N–C) groups is 1. The third-order valence-electron chi connectivity index (χ3n) is 5.32. The largest absolute Gasteiger partial charge is 0.356 e. The fraction of sp³-hybridized carbons (Fsp3) is 0.667. The molecule has 2 N–H and O–H groups in total. The number of rotatable bonds is 6. The van der Waals surface area contributed by atoms with Gasteiger partial charge in [-0.15, -0.1) is 0 Å². The van der Waals surface area contributed by atoms with E-state index in [0.717, 1.165) is 19.0 Å². The van der Waals surface area contributed by atoms with Crippen molar-refractivity contribution in [2.24, 2.45) is 10.9 Å². The molecule has 1 unspecified atom stereocenters. The maximum Gasteiger partial charge on any atom is 0.191 e. The molecule has 1 aromatic rings. The molecule has 2 rings (SSSR count). The molecule has 1 aromatic carbocycles. The number of guanidine groups is 1. The van der Waals surface area contributed by atoms with Crippen molar-refractivity contribution in [1.29, 1.82) is 0 Å². The van der Waals surface area contributed by atoms with Gasteiger partial charge >= 0.3 is 0 Å². The average molecular weight is 345 g/mol. The van der Waals surface area contributed by atoms with Gasteiger partial charge in [0.15, 0.2) is 5.96 Å². The standard InChI is InChI=1S/C21H36N4/c1-17(2)25-13-9-10-18(15-25)14-23-20(22-5)24-16-21(3,4)19-11-7-6-8-12-19/h6-8,11-12,17-18H,9-10,13-16H2,1-5H3,(H2,22,23,24). The summed E-state index contributed by atoms with van der Waals surface area (Å²) in [4.78, 5) is 6.99. The van der Waals surface area contributed by atoms with E-state index in [1.165, 1.54) is 31.5 Å². The van der Waals surface area contributed by atoms with Crippen LogP contribution in [0.1, 0.15) is 46.1 Å². The Balaban J connectivity index is 1.81. The zero-order valence-electron chi connectivity index (χ0n) is 16.7. The lowest BCUT2D eigenvalue weighted by Gasteiger charge is -2.35. The minimum Gasteiger partial charge on any atom is -0.356 e. The topological polar surface area (TPSA) is 39.7 Å². The Hall–Kier alpha value is -1.55. The van der Waals surface area contributed by atoms with Crippen molar-refractivity contribution in [1.82, 2.24) is 15.5 Å². The number of nitrogens with one attached hydrogen (secondary N) is 2. The Bertz CT molecular complexity index is 536.